The summed E-state index contributed by atoms with van der Waals surface area (Å²) < 4.78 is 5.49. The molecule has 0 bridgehead atoms. The molecule has 1 aliphatic rings. The number of carbonyl (C=O) groups is 1. The predicted molar refractivity (Wildman–Crippen MR) is 124 cm³/mol. The standard InChI is InChI=1S/C24H24N4O3S/c1-14(2)31-23(30)18-15(3)26-21-20(19(18)17-9-11-25-12-10-17)22(29)28-24(27-21)32-13-16-7-5-4-6-8-16/h4-12,14,19H,13H2,1-3H3,(H2,26,27,28,29). The highest BCUT2D eigenvalue weighted by Gasteiger charge is 2.36. The van der Waals surface area contributed by atoms with Crippen LogP contribution in [0.5, 0.6) is 0 Å². The second-order valence-corrected chi connectivity index (χ2v) is 8.70. The molecule has 164 valence electrons. The van der Waals surface area contributed by atoms with Gasteiger partial charge in [0.15, 0.2) is 5.16 Å². The molecule has 0 fully saturated rings. The first kappa shape index (κ1) is 21.8. The van der Waals surface area contributed by atoms with Crippen LogP contribution < -0.4 is 10.9 Å². The Kier molecular flexibility index (Phi) is 6.41. The number of nitrogens with one attached hydrogen (secondary N) is 2. The van der Waals surface area contributed by atoms with Gasteiger partial charge in [0, 0.05) is 23.8 Å². The fourth-order valence-electron chi connectivity index (χ4n) is 3.66. The van der Waals surface area contributed by atoms with E-state index >= 15 is 0 Å². The van der Waals surface area contributed by atoms with E-state index in [1.165, 1.54) is 11.8 Å². The molecule has 1 unspecified atom stereocenters. The van der Waals surface area contributed by atoms with Crippen molar-refractivity contribution in [2.45, 2.75) is 43.7 Å². The SMILES string of the molecule is CC1=C(C(=O)OC(C)C)C(c2ccncc2)c2c(nc(SCc3ccccc3)[nH]c2=O)N1. The quantitative estimate of drug-likeness (QED) is 0.331. The molecule has 8 heteroatoms. The molecule has 7 nitrogen and oxygen atoms in total. The van der Waals surface area contributed by atoms with Crippen LogP contribution in [0.1, 0.15) is 43.4 Å². The Labute approximate surface area is 190 Å². The van der Waals surface area contributed by atoms with Crippen molar-refractivity contribution in [2.75, 3.05) is 5.32 Å². The summed E-state index contributed by atoms with van der Waals surface area (Å²) in [6.07, 6.45) is 3.00. The van der Waals surface area contributed by atoms with Gasteiger partial charge in [-0.15, -0.1) is 0 Å². The lowest BCUT2D eigenvalue weighted by molar-refractivity contribution is -0.143. The van der Waals surface area contributed by atoms with Gasteiger partial charge in [-0.3, -0.25) is 9.78 Å². The maximum atomic E-state index is 13.2. The van der Waals surface area contributed by atoms with Gasteiger partial charge in [0.2, 0.25) is 0 Å². The first-order valence-corrected chi connectivity index (χ1v) is 11.3. The van der Waals surface area contributed by atoms with Gasteiger partial charge in [0.25, 0.3) is 5.56 Å². The number of benzene rings is 1. The van der Waals surface area contributed by atoms with Gasteiger partial charge in [-0.25, -0.2) is 9.78 Å². The van der Waals surface area contributed by atoms with Gasteiger partial charge in [0.1, 0.15) is 5.82 Å². The number of H-pyrrole nitrogens is 1. The van der Waals surface area contributed by atoms with Crippen molar-refractivity contribution in [2.24, 2.45) is 0 Å². The summed E-state index contributed by atoms with van der Waals surface area (Å²) in [5.74, 6) is 0.0611. The molecule has 1 aliphatic heterocycles. The van der Waals surface area contributed by atoms with Gasteiger partial charge in [-0.05, 0) is 44.0 Å². The highest BCUT2D eigenvalue weighted by molar-refractivity contribution is 7.98. The zero-order valence-electron chi connectivity index (χ0n) is 18.1. The molecular formula is C24H24N4O3S. The van der Waals surface area contributed by atoms with E-state index in [0.29, 0.717) is 33.6 Å². The number of nitrogens with zero attached hydrogens (tertiary/aromatic N) is 2. The van der Waals surface area contributed by atoms with Crippen molar-refractivity contribution >= 4 is 23.5 Å². The second kappa shape index (κ2) is 9.40. The lowest BCUT2D eigenvalue weighted by atomic mass is 9.83. The number of allylic oxidation sites excluding steroid dienone is 1. The van der Waals surface area contributed by atoms with Crippen LogP contribution in [-0.4, -0.2) is 27.0 Å². The highest BCUT2D eigenvalue weighted by Crippen LogP contribution is 2.40. The predicted octanol–water partition coefficient (Wildman–Crippen LogP) is 4.24. The average molecular weight is 449 g/mol. The van der Waals surface area contributed by atoms with E-state index in [-0.39, 0.29) is 11.7 Å². The van der Waals surface area contributed by atoms with Gasteiger partial charge in [-0.1, -0.05) is 42.1 Å². The molecule has 0 aliphatic carbocycles. The van der Waals surface area contributed by atoms with Crippen molar-refractivity contribution in [3.63, 3.8) is 0 Å². The number of thioether (sulfide) groups is 1. The zero-order chi connectivity index (χ0) is 22.7. The third-order valence-electron chi connectivity index (χ3n) is 5.04. The summed E-state index contributed by atoms with van der Waals surface area (Å²) in [5.41, 5.74) is 3.02. The summed E-state index contributed by atoms with van der Waals surface area (Å²) in [4.78, 5) is 37.8. The molecule has 0 radical (unpaired) electrons. The number of aromatic amines is 1. The Morgan fingerprint density at radius 2 is 1.88 bits per heavy atom. The van der Waals surface area contributed by atoms with Crippen molar-refractivity contribution in [1.29, 1.82) is 0 Å². The van der Waals surface area contributed by atoms with Crippen LogP contribution in [0.25, 0.3) is 0 Å². The van der Waals surface area contributed by atoms with Crippen molar-refractivity contribution in [3.05, 3.63) is 93.2 Å². The van der Waals surface area contributed by atoms with E-state index in [1.807, 2.05) is 30.3 Å². The number of carbonyl (C=O) groups excluding carboxylic acids is 1. The molecule has 3 aromatic rings. The number of fused-ring (bicyclic) bond motifs is 1. The van der Waals surface area contributed by atoms with Crippen LogP contribution in [0.4, 0.5) is 5.82 Å². The fraction of sp³-hybridized carbons (Fsp3) is 0.250. The van der Waals surface area contributed by atoms with E-state index < -0.39 is 11.9 Å². The Balaban J connectivity index is 1.75. The molecule has 0 saturated heterocycles. The minimum Gasteiger partial charge on any atom is -0.460 e. The zero-order valence-corrected chi connectivity index (χ0v) is 18.9. The van der Waals surface area contributed by atoms with E-state index in [1.54, 1.807) is 45.3 Å². The van der Waals surface area contributed by atoms with Gasteiger partial charge in [0.05, 0.1) is 23.2 Å². The van der Waals surface area contributed by atoms with E-state index in [2.05, 4.69) is 20.3 Å². The number of esters is 1. The van der Waals surface area contributed by atoms with Crippen molar-refractivity contribution in [1.82, 2.24) is 15.0 Å². The summed E-state index contributed by atoms with van der Waals surface area (Å²) in [7, 11) is 0. The van der Waals surface area contributed by atoms with Crippen LogP contribution in [0.15, 0.2) is 76.1 Å². The van der Waals surface area contributed by atoms with E-state index in [9.17, 15) is 9.59 Å². The van der Waals surface area contributed by atoms with Crippen LogP contribution in [-0.2, 0) is 15.3 Å². The molecule has 2 N–H and O–H groups in total. The molecule has 4 rings (SSSR count). The number of aromatic nitrogens is 3. The maximum Gasteiger partial charge on any atom is 0.337 e. The first-order chi connectivity index (χ1) is 15.4. The number of ether oxygens (including phenoxy) is 1. The Hall–Kier alpha value is -3.39. The third-order valence-corrected chi connectivity index (χ3v) is 5.99. The summed E-state index contributed by atoms with van der Waals surface area (Å²) in [6.45, 7) is 5.39. The average Bonchev–Trinajstić information content (AvgIpc) is 2.77. The second-order valence-electron chi connectivity index (χ2n) is 7.74. The van der Waals surface area contributed by atoms with Crippen LogP contribution >= 0.6 is 11.8 Å². The van der Waals surface area contributed by atoms with Crippen LogP contribution in [0.3, 0.4) is 0 Å². The van der Waals surface area contributed by atoms with Gasteiger partial charge >= 0.3 is 5.97 Å². The Morgan fingerprint density at radius 3 is 2.56 bits per heavy atom. The van der Waals surface area contributed by atoms with Crippen LogP contribution in [0.2, 0.25) is 0 Å². The molecule has 0 spiro atoms. The maximum absolute atomic E-state index is 13.2. The smallest absolute Gasteiger partial charge is 0.337 e. The minimum atomic E-state index is -0.607. The van der Waals surface area contributed by atoms with Gasteiger partial charge < -0.3 is 15.0 Å². The number of hydrogen-bond donors (Lipinski definition) is 2. The molecule has 32 heavy (non-hydrogen) atoms. The fourth-order valence-corrected chi connectivity index (χ4v) is 4.48. The lowest BCUT2D eigenvalue weighted by Crippen LogP contribution is -2.31. The lowest BCUT2D eigenvalue weighted by Gasteiger charge is -2.29. The Morgan fingerprint density at radius 1 is 1.16 bits per heavy atom. The highest BCUT2D eigenvalue weighted by atomic mass is 32.2. The monoisotopic (exact) mass is 448 g/mol. The number of rotatable bonds is 6. The minimum absolute atomic E-state index is 0.282. The Bertz CT molecular complexity index is 1210. The topological polar surface area (TPSA) is 97.0 Å². The molecule has 1 atom stereocenters. The normalized spacial score (nSPS) is 15.3. The van der Waals surface area contributed by atoms with Gasteiger partial charge in [-0.2, -0.15) is 0 Å². The summed E-state index contributed by atoms with van der Waals surface area (Å²) >= 11 is 1.45. The molecule has 1 aromatic carbocycles. The third kappa shape index (κ3) is 4.60. The first-order valence-electron chi connectivity index (χ1n) is 10.3. The summed E-state index contributed by atoms with van der Waals surface area (Å²) in [5, 5.41) is 3.68. The largest absolute Gasteiger partial charge is 0.460 e. The number of hydrogen-bond acceptors (Lipinski definition) is 7. The molecule has 3 heterocycles. The summed E-state index contributed by atoms with van der Waals surface area (Å²) in [6, 6.07) is 13.6. The molecule has 2 aromatic heterocycles. The molecular weight excluding hydrogens is 424 g/mol. The van der Waals surface area contributed by atoms with E-state index in [0.717, 1.165) is 11.1 Å². The molecule has 0 saturated carbocycles. The van der Waals surface area contributed by atoms with Crippen molar-refractivity contribution < 1.29 is 9.53 Å². The number of pyridine rings is 1. The van der Waals surface area contributed by atoms with E-state index in [4.69, 9.17) is 4.74 Å². The van der Waals surface area contributed by atoms with Crippen molar-refractivity contribution in [3.8, 4) is 0 Å². The number of anilines is 1. The molecule has 0 amide bonds. The van der Waals surface area contributed by atoms with Crippen LogP contribution in [0, 0.1) is 0 Å².